The molecule has 128 valence electrons. The van der Waals surface area contributed by atoms with E-state index in [-0.39, 0.29) is 10.7 Å². The predicted octanol–water partition coefficient (Wildman–Crippen LogP) is 1.35. The van der Waals surface area contributed by atoms with Gasteiger partial charge in [0.05, 0.1) is 5.69 Å². The van der Waals surface area contributed by atoms with Crippen molar-refractivity contribution in [1.82, 2.24) is 14.9 Å². The first kappa shape index (κ1) is 16.9. The lowest BCUT2D eigenvalue weighted by Gasteiger charge is -2.28. The maximum absolute atomic E-state index is 12.1. The van der Waals surface area contributed by atoms with E-state index in [0.717, 1.165) is 19.3 Å². The highest BCUT2D eigenvalue weighted by Gasteiger charge is 2.24. The highest BCUT2D eigenvalue weighted by Crippen LogP contribution is 2.21. The number of aromatic nitrogens is 2. The molecule has 1 aliphatic rings. The number of hydrogen-bond acceptors (Lipinski definition) is 5. The molecule has 2 heterocycles. The number of nitrogens with zero attached hydrogens (tertiary/aromatic N) is 2. The maximum atomic E-state index is 12.1. The molecule has 0 radical (unpaired) electrons. The van der Waals surface area contributed by atoms with Gasteiger partial charge in [0.15, 0.2) is 0 Å². The van der Waals surface area contributed by atoms with Crippen molar-refractivity contribution in [3.05, 3.63) is 56.5 Å². The molecule has 2 aromatic rings. The van der Waals surface area contributed by atoms with Crippen LogP contribution in [0.4, 0.5) is 0 Å². The lowest BCUT2D eigenvalue weighted by molar-refractivity contribution is 0.238. The van der Waals surface area contributed by atoms with Gasteiger partial charge < -0.3 is 0 Å². The summed E-state index contributed by atoms with van der Waals surface area (Å²) in [4.78, 5) is 20.9. The van der Waals surface area contributed by atoms with E-state index in [2.05, 4.69) is 40.8 Å². The van der Waals surface area contributed by atoms with Gasteiger partial charge in [-0.3, -0.25) is 14.7 Å². The van der Waals surface area contributed by atoms with Crippen molar-refractivity contribution in [3.63, 3.8) is 0 Å². The number of H-pyrrole nitrogens is 1. The Kier molecular flexibility index (Phi) is 4.31. The van der Waals surface area contributed by atoms with E-state index in [0.29, 0.717) is 24.2 Å². The standard InChI is InChI=1S/C17H21N3O3S/c1-11-5-4-6-12(2)14(11)9-20-8-7-13-15(10-20)18-17(19-16(13)21)24(3,22)23/h4-6H,7-10H2,1-3H3,(H,18,19,21). The molecule has 0 spiro atoms. The first-order valence-electron chi connectivity index (χ1n) is 7.85. The van der Waals surface area contributed by atoms with E-state index < -0.39 is 9.84 Å². The number of nitrogens with one attached hydrogen (secondary N) is 1. The average Bonchev–Trinajstić information content (AvgIpc) is 2.50. The topological polar surface area (TPSA) is 83.1 Å². The molecule has 7 heteroatoms. The predicted molar refractivity (Wildman–Crippen MR) is 91.7 cm³/mol. The second-order valence-corrected chi connectivity index (χ2v) is 8.33. The van der Waals surface area contributed by atoms with E-state index in [9.17, 15) is 13.2 Å². The van der Waals surface area contributed by atoms with Gasteiger partial charge in [0.25, 0.3) is 5.56 Å². The minimum absolute atomic E-state index is 0.250. The second-order valence-electron chi connectivity index (χ2n) is 6.40. The third-order valence-corrected chi connectivity index (χ3v) is 5.40. The molecule has 0 saturated heterocycles. The zero-order chi connectivity index (χ0) is 17.5. The van der Waals surface area contributed by atoms with Crippen LogP contribution in [0.2, 0.25) is 0 Å². The van der Waals surface area contributed by atoms with Crippen LogP contribution in [0.25, 0.3) is 0 Å². The third kappa shape index (κ3) is 3.27. The van der Waals surface area contributed by atoms with Crippen LogP contribution in [-0.4, -0.2) is 36.1 Å². The molecule has 0 saturated carbocycles. The highest BCUT2D eigenvalue weighted by molar-refractivity contribution is 7.90. The Hall–Kier alpha value is -1.99. The van der Waals surface area contributed by atoms with E-state index in [1.807, 2.05) is 6.07 Å². The van der Waals surface area contributed by atoms with Gasteiger partial charge in [0.2, 0.25) is 15.0 Å². The zero-order valence-corrected chi connectivity index (χ0v) is 14.9. The molecule has 1 N–H and O–H groups in total. The molecule has 3 rings (SSSR count). The molecule has 6 nitrogen and oxygen atoms in total. The van der Waals surface area contributed by atoms with Crippen molar-refractivity contribution < 1.29 is 8.42 Å². The van der Waals surface area contributed by atoms with Crippen molar-refractivity contribution in [3.8, 4) is 0 Å². The fourth-order valence-corrected chi connectivity index (χ4v) is 3.66. The minimum atomic E-state index is -3.53. The molecule has 24 heavy (non-hydrogen) atoms. The summed E-state index contributed by atoms with van der Waals surface area (Å²) in [5, 5.41) is -0.250. The second kappa shape index (κ2) is 6.14. The van der Waals surface area contributed by atoms with E-state index in [1.54, 1.807) is 0 Å². The quantitative estimate of drug-likeness (QED) is 0.848. The van der Waals surface area contributed by atoms with Gasteiger partial charge in [-0.1, -0.05) is 18.2 Å². The van der Waals surface area contributed by atoms with Crippen LogP contribution in [0.5, 0.6) is 0 Å². The fraction of sp³-hybridized carbons (Fsp3) is 0.412. The SMILES string of the molecule is Cc1cccc(C)c1CN1CCc2c(nc(S(C)(=O)=O)[nH]c2=O)C1. The van der Waals surface area contributed by atoms with Crippen LogP contribution >= 0.6 is 0 Å². The van der Waals surface area contributed by atoms with Crippen LogP contribution in [0.15, 0.2) is 28.2 Å². The van der Waals surface area contributed by atoms with E-state index in [1.165, 1.54) is 16.7 Å². The highest BCUT2D eigenvalue weighted by atomic mass is 32.2. The van der Waals surface area contributed by atoms with Gasteiger partial charge in [0.1, 0.15) is 0 Å². The number of aromatic amines is 1. The van der Waals surface area contributed by atoms with Crippen molar-refractivity contribution in [2.24, 2.45) is 0 Å². The van der Waals surface area contributed by atoms with Gasteiger partial charge in [-0.15, -0.1) is 0 Å². The van der Waals surface area contributed by atoms with Gasteiger partial charge in [-0.05, 0) is 37.0 Å². The summed E-state index contributed by atoms with van der Waals surface area (Å²) >= 11 is 0. The van der Waals surface area contributed by atoms with Crippen LogP contribution in [0.1, 0.15) is 27.9 Å². The molecular formula is C17H21N3O3S. The Balaban J connectivity index is 1.92. The summed E-state index contributed by atoms with van der Waals surface area (Å²) in [6.07, 6.45) is 1.63. The summed E-state index contributed by atoms with van der Waals surface area (Å²) in [7, 11) is -3.53. The normalized spacial score (nSPS) is 15.3. The molecule has 0 aliphatic carbocycles. The minimum Gasteiger partial charge on any atom is -0.297 e. The van der Waals surface area contributed by atoms with Crippen molar-refractivity contribution >= 4 is 9.84 Å². The first-order valence-corrected chi connectivity index (χ1v) is 9.74. The average molecular weight is 347 g/mol. The number of rotatable bonds is 3. The number of sulfone groups is 1. The Bertz CT molecular complexity index is 928. The largest absolute Gasteiger partial charge is 0.297 e. The first-order chi connectivity index (χ1) is 11.3. The summed E-state index contributed by atoms with van der Waals surface area (Å²) in [5.41, 5.74) is 4.56. The Morgan fingerprint density at radius 3 is 2.54 bits per heavy atom. The molecule has 1 aliphatic heterocycles. The lowest BCUT2D eigenvalue weighted by atomic mass is 10.0. The molecule has 0 unspecified atom stereocenters. The summed E-state index contributed by atoms with van der Waals surface area (Å²) in [6, 6.07) is 6.22. The number of aryl methyl sites for hydroxylation is 2. The maximum Gasteiger partial charge on any atom is 0.255 e. The molecule has 0 amide bonds. The molecule has 0 atom stereocenters. The molecule has 1 aromatic carbocycles. The Labute approximate surface area is 141 Å². The fourth-order valence-electron chi connectivity index (χ4n) is 3.10. The van der Waals surface area contributed by atoms with Gasteiger partial charge in [0, 0.05) is 31.5 Å². The van der Waals surface area contributed by atoms with Crippen molar-refractivity contribution in [1.29, 1.82) is 0 Å². The summed E-state index contributed by atoms with van der Waals surface area (Å²) in [5.74, 6) is 0. The molecule has 1 aromatic heterocycles. The van der Waals surface area contributed by atoms with Crippen molar-refractivity contribution in [2.75, 3.05) is 12.8 Å². The number of benzene rings is 1. The number of fused-ring (bicyclic) bond motifs is 1. The van der Waals surface area contributed by atoms with Gasteiger partial charge >= 0.3 is 0 Å². The van der Waals surface area contributed by atoms with Gasteiger partial charge in [-0.2, -0.15) is 0 Å². The van der Waals surface area contributed by atoms with Crippen LogP contribution in [0.3, 0.4) is 0 Å². The van der Waals surface area contributed by atoms with Gasteiger partial charge in [-0.25, -0.2) is 13.4 Å². The third-order valence-electron chi connectivity index (χ3n) is 4.51. The zero-order valence-electron chi connectivity index (χ0n) is 14.1. The van der Waals surface area contributed by atoms with Crippen LogP contribution < -0.4 is 5.56 Å². The monoisotopic (exact) mass is 347 g/mol. The smallest absolute Gasteiger partial charge is 0.255 e. The lowest BCUT2D eigenvalue weighted by Crippen LogP contribution is -2.36. The van der Waals surface area contributed by atoms with Crippen LogP contribution in [0, 0.1) is 13.8 Å². The summed E-state index contributed by atoms with van der Waals surface area (Å²) in [6.45, 7) is 6.18. The summed E-state index contributed by atoms with van der Waals surface area (Å²) < 4.78 is 23.4. The molecule has 0 fully saturated rings. The molecular weight excluding hydrogens is 326 g/mol. The van der Waals surface area contributed by atoms with E-state index in [4.69, 9.17) is 0 Å². The molecule has 0 bridgehead atoms. The Morgan fingerprint density at radius 2 is 1.92 bits per heavy atom. The Morgan fingerprint density at radius 1 is 1.25 bits per heavy atom. The number of hydrogen-bond donors (Lipinski definition) is 1. The van der Waals surface area contributed by atoms with Crippen molar-refractivity contribution in [2.45, 2.75) is 38.5 Å². The van der Waals surface area contributed by atoms with Crippen LogP contribution in [-0.2, 0) is 29.3 Å². The van der Waals surface area contributed by atoms with E-state index >= 15 is 0 Å².